The van der Waals surface area contributed by atoms with Crippen molar-refractivity contribution >= 4 is 6.09 Å². The molecular weight excluding hydrogens is 228 g/mol. The SMILES string of the molecule is Cc1ccc(OC(=O)N2CCCNCC2)c(C)c1. The van der Waals surface area contributed by atoms with Crippen LogP contribution in [0.3, 0.4) is 0 Å². The summed E-state index contributed by atoms with van der Waals surface area (Å²) in [5.41, 5.74) is 2.17. The summed E-state index contributed by atoms with van der Waals surface area (Å²) in [6.07, 6.45) is 0.729. The van der Waals surface area contributed by atoms with E-state index in [0.717, 1.165) is 31.6 Å². The molecule has 0 aliphatic carbocycles. The number of amides is 1. The van der Waals surface area contributed by atoms with Gasteiger partial charge < -0.3 is 15.0 Å². The molecule has 18 heavy (non-hydrogen) atoms. The number of carbonyl (C=O) groups excluding carboxylic acids is 1. The number of aryl methyl sites for hydroxylation is 2. The maximum atomic E-state index is 12.0. The van der Waals surface area contributed by atoms with Crippen molar-refractivity contribution < 1.29 is 9.53 Å². The summed E-state index contributed by atoms with van der Waals surface area (Å²) < 4.78 is 5.45. The average Bonchev–Trinajstić information content (AvgIpc) is 2.61. The molecule has 1 aromatic rings. The van der Waals surface area contributed by atoms with Gasteiger partial charge in [-0.1, -0.05) is 17.7 Å². The van der Waals surface area contributed by atoms with E-state index in [2.05, 4.69) is 5.32 Å². The third kappa shape index (κ3) is 3.23. The third-order valence-corrected chi connectivity index (χ3v) is 3.13. The molecule has 0 saturated carbocycles. The molecule has 4 heteroatoms. The number of hydrogen-bond acceptors (Lipinski definition) is 3. The molecule has 0 spiro atoms. The molecule has 0 unspecified atom stereocenters. The van der Waals surface area contributed by atoms with Crippen molar-refractivity contribution in [1.82, 2.24) is 10.2 Å². The molecule has 1 N–H and O–H groups in total. The molecular formula is C14H20N2O2. The van der Waals surface area contributed by atoms with Crippen LogP contribution in [0.1, 0.15) is 17.5 Å². The van der Waals surface area contributed by atoms with Gasteiger partial charge in [-0.15, -0.1) is 0 Å². The van der Waals surface area contributed by atoms with E-state index < -0.39 is 0 Å². The molecule has 0 aromatic heterocycles. The Bertz CT molecular complexity index is 424. The Morgan fingerprint density at radius 3 is 2.89 bits per heavy atom. The van der Waals surface area contributed by atoms with Gasteiger partial charge in [0.25, 0.3) is 0 Å². The van der Waals surface area contributed by atoms with Gasteiger partial charge in [0.15, 0.2) is 0 Å². The summed E-state index contributed by atoms with van der Waals surface area (Å²) in [5, 5.41) is 3.27. The first kappa shape index (κ1) is 12.9. The number of nitrogens with zero attached hydrogens (tertiary/aromatic N) is 1. The summed E-state index contributed by atoms with van der Waals surface area (Å²) in [6, 6.07) is 5.84. The van der Waals surface area contributed by atoms with Crippen LogP contribution < -0.4 is 10.1 Å². The van der Waals surface area contributed by atoms with Gasteiger partial charge >= 0.3 is 6.09 Å². The highest BCUT2D eigenvalue weighted by atomic mass is 16.6. The van der Waals surface area contributed by atoms with E-state index in [1.165, 1.54) is 5.56 Å². The smallest absolute Gasteiger partial charge is 0.410 e. The predicted molar refractivity (Wildman–Crippen MR) is 71.0 cm³/mol. The van der Waals surface area contributed by atoms with E-state index >= 15 is 0 Å². The summed E-state index contributed by atoms with van der Waals surface area (Å²) in [6.45, 7) is 7.26. The minimum atomic E-state index is -0.245. The number of ether oxygens (including phenoxy) is 1. The first-order valence-electron chi connectivity index (χ1n) is 6.41. The van der Waals surface area contributed by atoms with E-state index in [0.29, 0.717) is 12.3 Å². The average molecular weight is 248 g/mol. The summed E-state index contributed by atoms with van der Waals surface area (Å²) in [5.74, 6) is 0.655. The van der Waals surface area contributed by atoms with E-state index in [1.807, 2.05) is 32.0 Å². The second kappa shape index (κ2) is 5.87. The normalized spacial score (nSPS) is 16.2. The van der Waals surface area contributed by atoms with Crippen LogP contribution in [0.15, 0.2) is 18.2 Å². The van der Waals surface area contributed by atoms with Gasteiger partial charge in [0.1, 0.15) is 5.75 Å². The fourth-order valence-corrected chi connectivity index (χ4v) is 2.10. The van der Waals surface area contributed by atoms with Gasteiger partial charge in [-0.3, -0.25) is 0 Å². The van der Waals surface area contributed by atoms with Crippen LogP contribution in [0.4, 0.5) is 4.79 Å². The Labute approximate surface area is 108 Å². The maximum absolute atomic E-state index is 12.0. The van der Waals surface area contributed by atoms with Crippen molar-refractivity contribution in [3.63, 3.8) is 0 Å². The molecule has 0 atom stereocenters. The van der Waals surface area contributed by atoms with Gasteiger partial charge in [0.2, 0.25) is 0 Å². The Morgan fingerprint density at radius 2 is 2.11 bits per heavy atom. The zero-order valence-corrected chi connectivity index (χ0v) is 11.0. The lowest BCUT2D eigenvalue weighted by Gasteiger charge is -2.19. The van der Waals surface area contributed by atoms with Gasteiger partial charge in [-0.05, 0) is 38.4 Å². The minimum absolute atomic E-state index is 0.245. The molecule has 1 aromatic carbocycles. The highest BCUT2D eigenvalue weighted by Crippen LogP contribution is 2.19. The zero-order valence-electron chi connectivity index (χ0n) is 11.0. The van der Waals surface area contributed by atoms with Gasteiger partial charge in [0, 0.05) is 19.6 Å². The molecule has 1 aliphatic heterocycles. The molecule has 1 saturated heterocycles. The molecule has 2 rings (SSSR count). The third-order valence-electron chi connectivity index (χ3n) is 3.13. The second-order valence-corrected chi connectivity index (χ2v) is 4.73. The van der Waals surface area contributed by atoms with Crippen molar-refractivity contribution in [2.75, 3.05) is 26.2 Å². The van der Waals surface area contributed by atoms with Crippen LogP contribution >= 0.6 is 0 Å². The van der Waals surface area contributed by atoms with Crippen LogP contribution in [-0.4, -0.2) is 37.2 Å². The van der Waals surface area contributed by atoms with Crippen molar-refractivity contribution in [1.29, 1.82) is 0 Å². The fraction of sp³-hybridized carbons (Fsp3) is 0.500. The number of benzene rings is 1. The van der Waals surface area contributed by atoms with Gasteiger partial charge in [-0.2, -0.15) is 0 Å². The van der Waals surface area contributed by atoms with Crippen LogP contribution in [-0.2, 0) is 0 Å². The van der Waals surface area contributed by atoms with Crippen LogP contribution in [0.5, 0.6) is 5.75 Å². The lowest BCUT2D eigenvalue weighted by Crippen LogP contribution is -2.36. The Balaban J connectivity index is 2.01. The summed E-state index contributed by atoms with van der Waals surface area (Å²) in [7, 11) is 0. The van der Waals surface area contributed by atoms with Gasteiger partial charge in [-0.25, -0.2) is 4.79 Å². The highest BCUT2D eigenvalue weighted by molar-refractivity contribution is 5.71. The van der Waals surface area contributed by atoms with Crippen LogP contribution in [0.25, 0.3) is 0 Å². The molecule has 1 fully saturated rings. The largest absolute Gasteiger partial charge is 0.415 e. The number of hydrogen-bond donors (Lipinski definition) is 1. The molecule has 4 nitrogen and oxygen atoms in total. The van der Waals surface area contributed by atoms with Crippen molar-refractivity contribution in [2.45, 2.75) is 20.3 Å². The van der Waals surface area contributed by atoms with E-state index in [-0.39, 0.29) is 6.09 Å². The maximum Gasteiger partial charge on any atom is 0.415 e. The molecule has 1 heterocycles. The first-order valence-corrected chi connectivity index (χ1v) is 6.41. The highest BCUT2D eigenvalue weighted by Gasteiger charge is 2.17. The van der Waals surface area contributed by atoms with Crippen molar-refractivity contribution in [3.8, 4) is 5.75 Å². The zero-order chi connectivity index (χ0) is 13.0. The van der Waals surface area contributed by atoms with Crippen LogP contribution in [0.2, 0.25) is 0 Å². The molecule has 0 radical (unpaired) electrons. The van der Waals surface area contributed by atoms with Crippen molar-refractivity contribution in [3.05, 3.63) is 29.3 Å². The number of rotatable bonds is 1. The Hall–Kier alpha value is -1.55. The molecule has 98 valence electrons. The second-order valence-electron chi connectivity index (χ2n) is 4.73. The summed E-state index contributed by atoms with van der Waals surface area (Å²) in [4.78, 5) is 13.8. The number of carbonyl (C=O) groups is 1. The molecule has 1 amide bonds. The van der Waals surface area contributed by atoms with E-state index in [1.54, 1.807) is 4.90 Å². The van der Waals surface area contributed by atoms with Crippen LogP contribution in [0, 0.1) is 13.8 Å². The lowest BCUT2D eigenvalue weighted by atomic mass is 10.1. The predicted octanol–water partition coefficient (Wildman–Crippen LogP) is 2.10. The first-order chi connectivity index (χ1) is 8.66. The summed E-state index contributed by atoms with van der Waals surface area (Å²) >= 11 is 0. The monoisotopic (exact) mass is 248 g/mol. The van der Waals surface area contributed by atoms with Crippen molar-refractivity contribution in [2.24, 2.45) is 0 Å². The van der Waals surface area contributed by atoms with E-state index in [4.69, 9.17) is 4.74 Å². The Kier molecular flexibility index (Phi) is 4.20. The minimum Gasteiger partial charge on any atom is -0.410 e. The topological polar surface area (TPSA) is 41.6 Å². The van der Waals surface area contributed by atoms with E-state index in [9.17, 15) is 4.79 Å². The molecule has 1 aliphatic rings. The lowest BCUT2D eigenvalue weighted by molar-refractivity contribution is 0.155. The fourth-order valence-electron chi connectivity index (χ4n) is 2.10. The quantitative estimate of drug-likeness (QED) is 0.827. The number of nitrogens with one attached hydrogen (secondary N) is 1. The Morgan fingerprint density at radius 1 is 1.28 bits per heavy atom. The van der Waals surface area contributed by atoms with Gasteiger partial charge in [0.05, 0.1) is 0 Å². The molecule has 0 bridgehead atoms. The standard InChI is InChI=1S/C14H20N2O2/c1-11-4-5-13(12(2)10-11)18-14(17)16-8-3-6-15-7-9-16/h4-5,10,15H,3,6-9H2,1-2H3.